The summed E-state index contributed by atoms with van der Waals surface area (Å²) in [6.07, 6.45) is 5.05. The Labute approximate surface area is 266 Å². The minimum atomic E-state index is -0.0668. The van der Waals surface area contributed by atoms with Crippen LogP contribution < -0.4 is 14.4 Å². The van der Waals surface area contributed by atoms with Crippen LogP contribution in [0.2, 0.25) is 0 Å². The quantitative estimate of drug-likeness (QED) is 0.230. The number of aromatic hydroxyl groups is 1. The van der Waals surface area contributed by atoms with Crippen molar-refractivity contribution in [3.8, 4) is 17.2 Å². The van der Waals surface area contributed by atoms with E-state index in [2.05, 4.69) is 4.99 Å². The first-order chi connectivity index (χ1) is 21.9. The summed E-state index contributed by atoms with van der Waals surface area (Å²) in [5.41, 5.74) is 4.55. The minimum Gasteiger partial charge on any atom is -0.507 e. The van der Waals surface area contributed by atoms with Gasteiger partial charge in [0.1, 0.15) is 12.4 Å². The van der Waals surface area contributed by atoms with E-state index in [-0.39, 0.29) is 42.6 Å². The molecular formula is C36H34ClN3O5. The normalized spacial score (nSPS) is 18.8. The minimum absolute atomic E-state index is 0.0133. The number of amides is 2. The van der Waals surface area contributed by atoms with Crippen molar-refractivity contribution in [2.75, 3.05) is 31.0 Å². The average molecular weight is 624 g/mol. The molecule has 3 aliphatic rings. The lowest BCUT2D eigenvalue weighted by molar-refractivity contribution is -0.117. The number of hydrogen-bond acceptors (Lipinski definition) is 6. The SMILES string of the molecule is COc1cc2c(cc1OCc1cccc(CC(=O)N3C[C@@H](CCl)c4c3cc(O)c3ccccc43)c1)N=C[C@@H]1CCCCN1C2=O. The number of methoxy groups -OCH3 is 1. The van der Waals surface area contributed by atoms with Crippen LogP contribution in [0.1, 0.15) is 52.2 Å². The first-order valence-corrected chi connectivity index (χ1v) is 15.9. The van der Waals surface area contributed by atoms with Crippen LogP contribution in [0, 0.1) is 0 Å². The Morgan fingerprint density at radius 1 is 1.02 bits per heavy atom. The van der Waals surface area contributed by atoms with Crippen molar-refractivity contribution in [3.63, 3.8) is 0 Å². The number of ether oxygens (including phenoxy) is 2. The lowest BCUT2D eigenvalue weighted by atomic mass is 9.95. The Morgan fingerprint density at radius 2 is 1.84 bits per heavy atom. The van der Waals surface area contributed by atoms with E-state index >= 15 is 0 Å². The van der Waals surface area contributed by atoms with Gasteiger partial charge in [-0.2, -0.15) is 0 Å². The number of carbonyl (C=O) groups is 2. The van der Waals surface area contributed by atoms with E-state index in [4.69, 9.17) is 21.1 Å². The second-order valence-electron chi connectivity index (χ2n) is 11.9. The number of carbonyl (C=O) groups excluding carboxylic acids is 2. The molecule has 0 spiro atoms. The summed E-state index contributed by atoms with van der Waals surface area (Å²) in [6.45, 7) is 1.44. The maximum Gasteiger partial charge on any atom is 0.256 e. The Kier molecular flexibility index (Phi) is 7.83. The van der Waals surface area contributed by atoms with Crippen molar-refractivity contribution in [1.82, 2.24) is 4.90 Å². The molecule has 7 rings (SSSR count). The topological polar surface area (TPSA) is 91.7 Å². The number of anilines is 1. The summed E-state index contributed by atoms with van der Waals surface area (Å²) in [5, 5.41) is 12.4. The molecule has 45 heavy (non-hydrogen) atoms. The lowest BCUT2D eigenvalue weighted by Crippen LogP contribution is -2.43. The van der Waals surface area contributed by atoms with E-state index in [1.54, 1.807) is 30.2 Å². The summed E-state index contributed by atoms with van der Waals surface area (Å²) in [7, 11) is 1.56. The molecule has 2 atom stereocenters. The van der Waals surface area contributed by atoms with E-state index in [1.807, 2.05) is 59.6 Å². The second kappa shape index (κ2) is 12.1. The summed E-state index contributed by atoms with van der Waals surface area (Å²) in [4.78, 5) is 35.3. The summed E-state index contributed by atoms with van der Waals surface area (Å²) in [5.74, 6) is 1.37. The molecule has 1 N–H and O–H groups in total. The number of aliphatic imine (C=N–C) groups is 1. The van der Waals surface area contributed by atoms with Gasteiger partial charge < -0.3 is 24.4 Å². The van der Waals surface area contributed by atoms with Gasteiger partial charge in [-0.05, 0) is 47.4 Å². The molecule has 1 fully saturated rings. The highest BCUT2D eigenvalue weighted by molar-refractivity contribution is 6.19. The third-order valence-electron chi connectivity index (χ3n) is 9.08. The zero-order chi connectivity index (χ0) is 31.1. The van der Waals surface area contributed by atoms with Crippen molar-refractivity contribution in [2.24, 2.45) is 4.99 Å². The number of benzene rings is 4. The van der Waals surface area contributed by atoms with Crippen molar-refractivity contribution in [3.05, 3.63) is 89.0 Å². The molecule has 3 heterocycles. The van der Waals surface area contributed by atoms with Gasteiger partial charge >= 0.3 is 0 Å². The fraction of sp³-hybridized carbons (Fsp3) is 0.306. The lowest BCUT2D eigenvalue weighted by Gasteiger charge is -2.32. The molecule has 2 amide bonds. The van der Waals surface area contributed by atoms with Crippen LogP contribution in [0.5, 0.6) is 17.2 Å². The van der Waals surface area contributed by atoms with Gasteiger partial charge in [-0.15, -0.1) is 11.6 Å². The maximum absolute atomic E-state index is 13.7. The molecule has 0 unspecified atom stereocenters. The zero-order valence-electron chi connectivity index (χ0n) is 25.0. The molecule has 8 nitrogen and oxygen atoms in total. The van der Waals surface area contributed by atoms with Gasteiger partial charge in [0, 0.05) is 48.6 Å². The molecule has 4 aromatic carbocycles. The van der Waals surface area contributed by atoms with Gasteiger partial charge in [0.15, 0.2) is 11.5 Å². The highest BCUT2D eigenvalue weighted by Crippen LogP contribution is 2.45. The number of alkyl halides is 1. The van der Waals surface area contributed by atoms with Crippen LogP contribution in [-0.2, 0) is 17.8 Å². The molecule has 0 aromatic heterocycles. The highest BCUT2D eigenvalue weighted by Gasteiger charge is 2.34. The van der Waals surface area contributed by atoms with Crippen LogP contribution >= 0.6 is 11.6 Å². The molecule has 1 saturated heterocycles. The van der Waals surface area contributed by atoms with Crippen LogP contribution in [-0.4, -0.2) is 60.2 Å². The fourth-order valence-electron chi connectivity index (χ4n) is 6.83. The van der Waals surface area contributed by atoms with Crippen LogP contribution in [0.4, 0.5) is 11.4 Å². The van der Waals surface area contributed by atoms with Crippen molar-refractivity contribution < 1.29 is 24.2 Å². The molecule has 4 aromatic rings. The van der Waals surface area contributed by atoms with Crippen LogP contribution in [0.15, 0.2) is 71.7 Å². The zero-order valence-corrected chi connectivity index (χ0v) is 25.8. The maximum atomic E-state index is 13.7. The summed E-state index contributed by atoms with van der Waals surface area (Å²) < 4.78 is 11.8. The molecule has 0 aliphatic carbocycles. The number of phenols is 1. The summed E-state index contributed by atoms with van der Waals surface area (Å²) in [6, 6.07) is 20.6. The average Bonchev–Trinajstić information content (AvgIpc) is 3.38. The Hall–Kier alpha value is -4.56. The monoisotopic (exact) mass is 623 g/mol. The van der Waals surface area contributed by atoms with Gasteiger partial charge in [-0.3, -0.25) is 14.6 Å². The highest BCUT2D eigenvalue weighted by atomic mass is 35.5. The molecule has 0 saturated carbocycles. The first kappa shape index (κ1) is 29.2. The first-order valence-electron chi connectivity index (χ1n) is 15.3. The standard InChI is InChI=1S/C36H34ClN3O5/c1-44-32-15-28-29(38-19-25-9-4-5-12-39(25)36(28)43)16-33(32)45-21-23-8-6-7-22(13-23)14-34(42)40-20-24(18-37)35-27-11-3-2-10-26(27)31(41)17-30(35)40/h2-3,6-8,10-11,13,15-17,19,24-25,41H,4-5,9,12,14,18,20-21H2,1H3/t24-,25+/m1/s1. The smallest absolute Gasteiger partial charge is 0.256 e. The van der Waals surface area contributed by atoms with Crippen molar-refractivity contribution in [1.29, 1.82) is 0 Å². The van der Waals surface area contributed by atoms with Crippen LogP contribution in [0.3, 0.4) is 0 Å². The number of nitrogens with zero attached hydrogens (tertiary/aromatic N) is 3. The Morgan fingerprint density at radius 3 is 2.67 bits per heavy atom. The molecule has 3 aliphatic heterocycles. The number of hydrogen-bond donors (Lipinski definition) is 1. The molecular weight excluding hydrogens is 590 g/mol. The summed E-state index contributed by atoms with van der Waals surface area (Å²) >= 11 is 6.37. The van der Waals surface area contributed by atoms with E-state index in [9.17, 15) is 14.7 Å². The van der Waals surface area contributed by atoms with E-state index in [1.165, 1.54) is 0 Å². The van der Waals surface area contributed by atoms with E-state index < -0.39 is 0 Å². The largest absolute Gasteiger partial charge is 0.507 e. The second-order valence-corrected chi connectivity index (χ2v) is 12.2. The van der Waals surface area contributed by atoms with Gasteiger partial charge in [-0.25, -0.2) is 0 Å². The number of fused-ring (bicyclic) bond motifs is 5. The van der Waals surface area contributed by atoms with Crippen molar-refractivity contribution >= 4 is 51.8 Å². The van der Waals surface area contributed by atoms with Crippen LogP contribution in [0.25, 0.3) is 10.8 Å². The third-order valence-corrected chi connectivity index (χ3v) is 9.45. The number of piperidine rings is 1. The molecule has 0 radical (unpaired) electrons. The molecule has 230 valence electrons. The molecule has 0 bridgehead atoms. The van der Waals surface area contributed by atoms with E-state index in [0.717, 1.165) is 53.3 Å². The van der Waals surface area contributed by atoms with Gasteiger partial charge in [0.05, 0.1) is 36.5 Å². The van der Waals surface area contributed by atoms with Gasteiger partial charge in [0.25, 0.3) is 5.91 Å². The fourth-order valence-corrected chi connectivity index (χ4v) is 7.09. The van der Waals surface area contributed by atoms with E-state index in [0.29, 0.717) is 40.9 Å². The predicted octanol–water partition coefficient (Wildman–Crippen LogP) is 6.76. The Balaban J connectivity index is 1.09. The third kappa shape index (κ3) is 5.37. The van der Waals surface area contributed by atoms with Gasteiger partial charge in [0.2, 0.25) is 5.91 Å². The predicted molar refractivity (Wildman–Crippen MR) is 176 cm³/mol. The molecule has 9 heteroatoms. The Bertz CT molecular complexity index is 1840. The van der Waals surface area contributed by atoms with Crippen molar-refractivity contribution in [2.45, 2.75) is 44.2 Å². The number of rotatable bonds is 7. The number of halogens is 1. The number of phenolic OH excluding ortho intramolecular Hbond substituents is 1. The van der Waals surface area contributed by atoms with Gasteiger partial charge in [-0.1, -0.05) is 48.5 Å².